The lowest BCUT2D eigenvalue weighted by molar-refractivity contribution is -0.135. The minimum atomic E-state index is -0.340. The molecule has 4 rings (SSSR count). The number of nitrogens with zero attached hydrogens (tertiary/aromatic N) is 3. The summed E-state index contributed by atoms with van der Waals surface area (Å²) in [5, 5.41) is 8.02. The van der Waals surface area contributed by atoms with Crippen LogP contribution in [0.2, 0.25) is 0 Å². The standard InChI is InChI=1S/C22H29FN4O/c1-15-10-12-25-27(15)16(2)22(28)26-14-19(17-7-6-8-18(23)13-17)21-20(26)9-4-3-5-11-24-21/h6-8,10,12-13,16,19-21,24H,3-5,9,11,14H2,1-2H3/t16-,19-,20+,21-/m0/s1. The van der Waals surface area contributed by atoms with E-state index in [0.717, 1.165) is 37.1 Å². The summed E-state index contributed by atoms with van der Waals surface area (Å²) in [5.41, 5.74) is 1.95. The first kappa shape index (κ1) is 19.1. The highest BCUT2D eigenvalue weighted by atomic mass is 19.1. The molecule has 1 amide bonds. The molecule has 3 heterocycles. The molecule has 28 heavy (non-hydrogen) atoms. The summed E-state index contributed by atoms with van der Waals surface area (Å²) < 4.78 is 15.7. The molecule has 0 bridgehead atoms. The Kier molecular flexibility index (Phi) is 5.49. The van der Waals surface area contributed by atoms with Crippen LogP contribution in [0.3, 0.4) is 0 Å². The molecule has 150 valence electrons. The van der Waals surface area contributed by atoms with Gasteiger partial charge in [-0.05, 0) is 57.0 Å². The van der Waals surface area contributed by atoms with E-state index >= 15 is 0 Å². The second kappa shape index (κ2) is 8.03. The number of nitrogens with one attached hydrogen (secondary N) is 1. The number of benzene rings is 1. The maximum absolute atomic E-state index is 13.9. The largest absolute Gasteiger partial charge is 0.336 e. The first-order valence-corrected chi connectivity index (χ1v) is 10.4. The highest BCUT2D eigenvalue weighted by molar-refractivity contribution is 5.81. The molecule has 0 saturated carbocycles. The number of aromatic nitrogens is 2. The average molecular weight is 384 g/mol. The molecule has 1 aromatic carbocycles. The van der Waals surface area contributed by atoms with Crippen molar-refractivity contribution in [1.29, 1.82) is 0 Å². The zero-order chi connectivity index (χ0) is 19.7. The summed E-state index contributed by atoms with van der Waals surface area (Å²) in [6.07, 6.45) is 6.17. The molecule has 4 atom stereocenters. The fourth-order valence-electron chi connectivity index (χ4n) is 4.89. The van der Waals surface area contributed by atoms with E-state index in [1.807, 2.05) is 30.9 Å². The molecular formula is C22H29FN4O. The van der Waals surface area contributed by atoms with Gasteiger partial charge in [-0.2, -0.15) is 5.10 Å². The lowest BCUT2D eigenvalue weighted by atomic mass is 9.88. The van der Waals surface area contributed by atoms with Crippen molar-refractivity contribution in [3.05, 3.63) is 53.6 Å². The van der Waals surface area contributed by atoms with Gasteiger partial charge in [0.1, 0.15) is 11.9 Å². The number of amides is 1. The van der Waals surface area contributed by atoms with Gasteiger partial charge in [0.25, 0.3) is 0 Å². The third kappa shape index (κ3) is 3.58. The Morgan fingerprint density at radius 3 is 2.89 bits per heavy atom. The van der Waals surface area contributed by atoms with E-state index in [4.69, 9.17) is 0 Å². The van der Waals surface area contributed by atoms with E-state index in [1.165, 1.54) is 12.5 Å². The zero-order valence-electron chi connectivity index (χ0n) is 16.6. The van der Waals surface area contributed by atoms with Crippen molar-refractivity contribution in [3.8, 4) is 0 Å². The number of fused-ring (bicyclic) bond motifs is 1. The van der Waals surface area contributed by atoms with Crippen LogP contribution in [-0.4, -0.2) is 45.8 Å². The molecule has 2 saturated heterocycles. The van der Waals surface area contributed by atoms with Crippen molar-refractivity contribution in [2.75, 3.05) is 13.1 Å². The van der Waals surface area contributed by atoms with Gasteiger partial charge >= 0.3 is 0 Å². The van der Waals surface area contributed by atoms with Gasteiger partial charge < -0.3 is 10.2 Å². The Morgan fingerprint density at radius 2 is 2.14 bits per heavy atom. The smallest absolute Gasteiger partial charge is 0.247 e. The molecule has 0 aliphatic carbocycles. The number of rotatable bonds is 3. The topological polar surface area (TPSA) is 50.2 Å². The van der Waals surface area contributed by atoms with Gasteiger partial charge in [-0.25, -0.2) is 4.39 Å². The van der Waals surface area contributed by atoms with Crippen molar-refractivity contribution in [3.63, 3.8) is 0 Å². The van der Waals surface area contributed by atoms with E-state index in [2.05, 4.69) is 10.4 Å². The molecule has 2 aliphatic heterocycles. The van der Waals surface area contributed by atoms with Crippen molar-refractivity contribution in [1.82, 2.24) is 20.0 Å². The number of aryl methyl sites for hydroxylation is 1. The summed E-state index contributed by atoms with van der Waals surface area (Å²) in [4.78, 5) is 15.5. The second-order valence-electron chi connectivity index (χ2n) is 8.14. The van der Waals surface area contributed by atoms with Crippen LogP contribution in [0.25, 0.3) is 0 Å². The minimum Gasteiger partial charge on any atom is -0.336 e. The van der Waals surface area contributed by atoms with E-state index in [-0.39, 0.29) is 35.8 Å². The maximum Gasteiger partial charge on any atom is 0.247 e. The van der Waals surface area contributed by atoms with E-state index in [1.54, 1.807) is 23.0 Å². The predicted octanol–water partition coefficient (Wildman–Crippen LogP) is 3.42. The Bertz CT molecular complexity index is 835. The molecule has 2 aromatic rings. The van der Waals surface area contributed by atoms with Crippen LogP contribution < -0.4 is 5.32 Å². The monoisotopic (exact) mass is 384 g/mol. The normalized spacial score (nSPS) is 26.4. The molecule has 2 aliphatic rings. The third-order valence-corrected chi connectivity index (χ3v) is 6.35. The van der Waals surface area contributed by atoms with Crippen LogP contribution in [0.4, 0.5) is 4.39 Å². The summed E-state index contributed by atoms with van der Waals surface area (Å²) >= 11 is 0. The maximum atomic E-state index is 13.9. The lowest BCUT2D eigenvalue weighted by Crippen LogP contribution is -2.48. The first-order valence-electron chi connectivity index (χ1n) is 10.4. The van der Waals surface area contributed by atoms with Gasteiger partial charge in [-0.1, -0.05) is 25.0 Å². The van der Waals surface area contributed by atoms with Gasteiger partial charge in [-0.15, -0.1) is 0 Å². The highest BCUT2D eigenvalue weighted by Gasteiger charge is 2.45. The average Bonchev–Trinajstić information content (AvgIpc) is 3.23. The fourth-order valence-corrected chi connectivity index (χ4v) is 4.89. The summed E-state index contributed by atoms with van der Waals surface area (Å²) in [7, 11) is 0. The summed E-state index contributed by atoms with van der Waals surface area (Å²) in [6, 6.07) is 8.74. The van der Waals surface area contributed by atoms with E-state index < -0.39 is 0 Å². The molecule has 2 fully saturated rings. The number of carbonyl (C=O) groups is 1. The quantitative estimate of drug-likeness (QED) is 0.882. The Morgan fingerprint density at radius 1 is 1.29 bits per heavy atom. The predicted molar refractivity (Wildman–Crippen MR) is 107 cm³/mol. The van der Waals surface area contributed by atoms with Crippen molar-refractivity contribution >= 4 is 5.91 Å². The van der Waals surface area contributed by atoms with Gasteiger partial charge in [0, 0.05) is 36.4 Å². The Hall–Kier alpha value is -2.21. The van der Waals surface area contributed by atoms with Crippen LogP contribution in [0.5, 0.6) is 0 Å². The van der Waals surface area contributed by atoms with Crippen LogP contribution in [0, 0.1) is 12.7 Å². The lowest BCUT2D eigenvalue weighted by Gasteiger charge is -2.32. The molecule has 0 spiro atoms. The van der Waals surface area contributed by atoms with Crippen LogP contribution in [-0.2, 0) is 4.79 Å². The molecule has 6 heteroatoms. The van der Waals surface area contributed by atoms with Crippen LogP contribution in [0.15, 0.2) is 36.5 Å². The fraction of sp³-hybridized carbons (Fsp3) is 0.545. The van der Waals surface area contributed by atoms with E-state index in [0.29, 0.717) is 6.54 Å². The number of hydrogen-bond donors (Lipinski definition) is 1. The van der Waals surface area contributed by atoms with Crippen molar-refractivity contribution in [2.24, 2.45) is 0 Å². The van der Waals surface area contributed by atoms with Gasteiger partial charge in [0.2, 0.25) is 5.91 Å². The number of halogens is 1. The van der Waals surface area contributed by atoms with Crippen molar-refractivity contribution in [2.45, 2.75) is 63.6 Å². The molecule has 5 nitrogen and oxygen atoms in total. The second-order valence-corrected chi connectivity index (χ2v) is 8.14. The highest BCUT2D eigenvalue weighted by Crippen LogP contribution is 2.37. The van der Waals surface area contributed by atoms with Gasteiger partial charge in [-0.3, -0.25) is 9.48 Å². The minimum absolute atomic E-state index is 0.100. The first-order chi connectivity index (χ1) is 13.6. The molecule has 1 N–H and O–H groups in total. The SMILES string of the molecule is Cc1ccnn1[C@@H](C)C(=O)N1C[C@@H](c2cccc(F)c2)[C@@H]2NCCCCC[C@H]21. The third-order valence-electron chi connectivity index (χ3n) is 6.35. The molecular weight excluding hydrogens is 355 g/mol. The van der Waals surface area contributed by atoms with Crippen LogP contribution >= 0.6 is 0 Å². The van der Waals surface area contributed by atoms with E-state index in [9.17, 15) is 9.18 Å². The number of carbonyl (C=O) groups excluding carboxylic acids is 1. The summed E-state index contributed by atoms with van der Waals surface area (Å²) in [6.45, 7) is 5.46. The Labute approximate surface area is 165 Å². The summed E-state index contributed by atoms with van der Waals surface area (Å²) in [5.74, 6) is -0.0121. The molecule has 0 radical (unpaired) electrons. The number of likely N-dealkylation sites (tertiary alicyclic amines) is 1. The Balaban J connectivity index is 1.64. The number of hydrogen-bond acceptors (Lipinski definition) is 3. The molecule has 1 aromatic heterocycles. The van der Waals surface area contributed by atoms with Crippen LogP contribution in [0.1, 0.15) is 55.8 Å². The van der Waals surface area contributed by atoms with Gasteiger partial charge in [0.15, 0.2) is 0 Å². The molecule has 0 unspecified atom stereocenters. The van der Waals surface area contributed by atoms with Gasteiger partial charge in [0.05, 0.1) is 0 Å². The zero-order valence-corrected chi connectivity index (χ0v) is 16.6. The van der Waals surface area contributed by atoms with Crippen molar-refractivity contribution < 1.29 is 9.18 Å².